The minimum atomic E-state index is 0.174. The molecule has 1 aromatic heterocycles. The Hall–Kier alpha value is -1.88. The SMILES string of the molecule is CC(C)[C@H]1CN(C(=O)CCc2cscn2)c2ccccc2N1. The summed E-state index contributed by atoms with van der Waals surface area (Å²) in [6, 6.07) is 8.34. The van der Waals surface area contributed by atoms with Crippen LogP contribution in [0.15, 0.2) is 35.2 Å². The second-order valence-electron chi connectivity index (χ2n) is 6.00. The summed E-state index contributed by atoms with van der Waals surface area (Å²) < 4.78 is 0. The van der Waals surface area contributed by atoms with Gasteiger partial charge in [-0.25, -0.2) is 4.98 Å². The number of anilines is 2. The van der Waals surface area contributed by atoms with E-state index in [0.29, 0.717) is 18.8 Å². The van der Waals surface area contributed by atoms with E-state index in [1.165, 1.54) is 0 Å². The molecule has 1 aliphatic rings. The first-order chi connectivity index (χ1) is 10.6. The van der Waals surface area contributed by atoms with Crippen LogP contribution < -0.4 is 10.2 Å². The van der Waals surface area contributed by atoms with Gasteiger partial charge < -0.3 is 10.2 Å². The number of benzene rings is 1. The van der Waals surface area contributed by atoms with Gasteiger partial charge in [0.15, 0.2) is 0 Å². The van der Waals surface area contributed by atoms with E-state index in [2.05, 4.69) is 24.1 Å². The molecule has 4 nitrogen and oxygen atoms in total. The van der Waals surface area contributed by atoms with Crippen LogP contribution in [-0.4, -0.2) is 23.5 Å². The van der Waals surface area contributed by atoms with Crippen LogP contribution in [0.4, 0.5) is 11.4 Å². The molecular weight excluding hydrogens is 294 g/mol. The number of thiazole rings is 1. The van der Waals surface area contributed by atoms with E-state index in [9.17, 15) is 4.79 Å². The standard InChI is InChI=1S/C17H21N3OS/c1-12(2)15-9-20(16-6-4-3-5-14(16)19-15)17(21)8-7-13-10-22-11-18-13/h3-6,10-12,15,19H,7-9H2,1-2H3/t15-/m1/s1. The van der Waals surface area contributed by atoms with Crippen LogP contribution in [0.1, 0.15) is 26.0 Å². The Labute approximate surface area is 135 Å². The summed E-state index contributed by atoms with van der Waals surface area (Å²) in [7, 11) is 0. The Morgan fingerprint density at radius 3 is 3.00 bits per heavy atom. The molecule has 0 unspecified atom stereocenters. The molecule has 2 aromatic rings. The molecule has 0 radical (unpaired) electrons. The number of para-hydroxylation sites is 2. The van der Waals surface area contributed by atoms with Gasteiger partial charge in [0, 0.05) is 24.4 Å². The lowest BCUT2D eigenvalue weighted by atomic mass is 9.99. The van der Waals surface area contributed by atoms with E-state index in [-0.39, 0.29) is 11.9 Å². The molecule has 22 heavy (non-hydrogen) atoms. The van der Waals surface area contributed by atoms with Crippen LogP contribution in [0.3, 0.4) is 0 Å². The van der Waals surface area contributed by atoms with Gasteiger partial charge in [0.2, 0.25) is 5.91 Å². The van der Waals surface area contributed by atoms with Crippen molar-refractivity contribution in [2.24, 2.45) is 5.92 Å². The first-order valence-corrected chi connectivity index (χ1v) is 8.62. The lowest BCUT2D eigenvalue weighted by Gasteiger charge is -2.37. The number of carbonyl (C=O) groups is 1. The number of rotatable bonds is 4. The molecule has 0 aliphatic carbocycles. The maximum Gasteiger partial charge on any atom is 0.227 e. The molecule has 0 saturated heterocycles. The van der Waals surface area contributed by atoms with Crippen LogP contribution in [0.2, 0.25) is 0 Å². The van der Waals surface area contributed by atoms with Gasteiger partial charge in [-0.2, -0.15) is 0 Å². The van der Waals surface area contributed by atoms with E-state index in [0.717, 1.165) is 23.6 Å². The maximum absolute atomic E-state index is 12.7. The number of aromatic nitrogens is 1. The largest absolute Gasteiger partial charge is 0.379 e. The van der Waals surface area contributed by atoms with Gasteiger partial charge in [0.25, 0.3) is 0 Å². The topological polar surface area (TPSA) is 45.2 Å². The van der Waals surface area contributed by atoms with Crippen molar-refractivity contribution in [2.45, 2.75) is 32.7 Å². The van der Waals surface area contributed by atoms with Gasteiger partial charge in [-0.3, -0.25) is 4.79 Å². The molecule has 116 valence electrons. The van der Waals surface area contributed by atoms with Crippen molar-refractivity contribution in [2.75, 3.05) is 16.8 Å². The van der Waals surface area contributed by atoms with E-state index in [1.54, 1.807) is 11.3 Å². The maximum atomic E-state index is 12.7. The molecule has 0 spiro atoms. The Kier molecular flexibility index (Phi) is 4.43. The minimum Gasteiger partial charge on any atom is -0.379 e. The van der Waals surface area contributed by atoms with Crippen molar-refractivity contribution < 1.29 is 4.79 Å². The summed E-state index contributed by atoms with van der Waals surface area (Å²) in [6.45, 7) is 5.09. The van der Waals surface area contributed by atoms with Crippen LogP contribution >= 0.6 is 11.3 Å². The molecule has 0 bridgehead atoms. The van der Waals surface area contributed by atoms with E-state index in [4.69, 9.17) is 0 Å². The lowest BCUT2D eigenvalue weighted by Crippen LogP contribution is -2.47. The summed E-state index contributed by atoms with van der Waals surface area (Å²) in [4.78, 5) is 18.9. The average molecular weight is 315 g/mol. The number of nitrogens with zero attached hydrogens (tertiary/aromatic N) is 2. The monoisotopic (exact) mass is 315 g/mol. The summed E-state index contributed by atoms with van der Waals surface area (Å²) in [5.41, 5.74) is 4.86. The number of carbonyl (C=O) groups excluding carboxylic acids is 1. The van der Waals surface area contributed by atoms with E-state index < -0.39 is 0 Å². The normalized spacial score (nSPS) is 17.2. The predicted molar refractivity (Wildman–Crippen MR) is 91.5 cm³/mol. The van der Waals surface area contributed by atoms with Gasteiger partial charge in [-0.1, -0.05) is 26.0 Å². The van der Waals surface area contributed by atoms with Crippen molar-refractivity contribution in [3.63, 3.8) is 0 Å². The smallest absolute Gasteiger partial charge is 0.227 e. The predicted octanol–water partition coefficient (Wildman–Crippen LogP) is 3.56. The Morgan fingerprint density at radius 2 is 2.27 bits per heavy atom. The van der Waals surface area contributed by atoms with Crippen molar-refractivity contribution in [1.82, 2.24) is 4.98 Å². The minimum absolute atomic E-state index is 0.174. The van der Waals surface area contributed by atoms with Gasteiger partial charge >= 0.3 is 0 Å². The van der Waals surface area contributed by atoms with Gasteiger partial charge in [-0.05, 0) is 24.5 Å². The first kappa shape index (κ1) is 15.0. The summed E-state index contributed by atoms with van der Waals surface area (Å²) >= 11 is 1.57. The number of hydrogen-bond acceptors (Lipinski definition) is 4. The molecular formula is C17H21N3OS. The number of aryl methyl sites for hydroxylation is 1. The molecule has 3 rings (SSSR count). The fourth-order valence-electron chi connectivity index (χ4n) is 2.72. The Morgan fingerprint density at radius 1 is 1.45 bits per heavy atom. The quantitative estimate of drug-likeness (QED) is 0.938. The molecule has 1 aromatic carbocycles. The van der Waals surface area contributed by atoms with Crippen molar-refractivity contribution in [1.29, 1.82) is 0 Å². The zero-order chi connectivity index (χ0) is 15.5. The molecule has 2 heterocycles. The van der Waals surface area contributed by atoms with Crippen molar-refractivity contribution in [3.05, 3.63) is 40.8 Å². The molecule has 0 fully saturated rings. The molecule has 5 heteroatoms. The molecule has 1 atom stereocenters. The summed E-state index contributed by atoms with van der Waals surface area (Å²) in [5, 5.41) is 5.56. The number of nitrogens with one attached hydrogen (secondary N) is 1. The van der Waals surface area contributed by atoms with Crippen molar-refractivity contribution >= 4 is 28.6 Å². The van der Waals surface area contributed by atoms with E-state index in [1.807, 2.05) is 40.1 Å². The number of amides is 1. The first-order valence-electron chi connectivity index (χ1n) is 7.68. The zero-order valence-corrected chi connectivity index (χ0v) is 13.8. The summed E-state index contributed by atoms with van der Waals surface area (Å²) in [5.74, 6) is 0.648. The summed E-state index contributed by atoms with van der Waals surface area (Å²) in [6.07, 6.45) is 1.21. The third-order valence-electron chi connectivity index (χ3n) is 4.10. The fourth-order valence-corrected chi connectivity index (χ4v) is 3.31. The van der Waals surface area contributed by atoms with E-state index >= 15 is 0 Å². The highest BCUT2D eigenvalue weighted by Gasteiger charge is 2.29. The Bertz CT molecular complexity index is 639. The van der Waals surface area contributed by atoms with Gasteiger partial charge in [0.05, 0.1) is 22.6 Å². The molecule has 1 aliphatic heterocycles. The van der Waals surface area contributed by atoms with Crippen LogP contribution in [0.5, 0.6) is 0 Å². The lowest BCUT2D eigenvalue weighted by molar-refractivity contribution is -0.118. The highest BCUT2D eigenvalue weighted by atomic mass is 32.1. The van der Waals surface area contributed by atoms with Crippen LogP contribution in [-0.2, 0) is 11.2 Å². The highest BCUT2D eigenvalue weighted by Crippen LogP contribution is 2.32. The Balaban J connectivity index is 1.77. The highest BCUT2D eigenvalue weighted by molar-refractivity contribution is 7.07. The van der Waals surface area contributed by atoms with Crippen molar-refractivity contribution in [3.8, 4) is 0 Å². The number of fused-ring (bicyclic) bond motifs is 1. The third kappa shape index (κ3) is 3.14. The van der Waals surface area contributed by atoms with Crippen LogP contribution in [0.25, 0.3) is 0 Å². The molecule has 0 saturated carbocycles. The third-order valence-corrected chi connectivity index (χ3v) is 4.73. The average Bonchev–Trinajstić information content (AvgIpc) is 3.04. The number of hydrogen-bond donors (Lipinski definition) is 1. The molecule has 1 amide bonds. The van der Waals surface area contributed by atoms with Gasteiger partial charge in [-0.15, -0.1) is 11.3 Å². The zero-order valence-electron chi connectivity index (χ0n) is 13.0. The second-order valence-corrected chi connectivity index (χ2v) is 6.71. The fraction of sp³-hybridized carbons (Fsp3) is 0.412. The van der Waals surface area contributed by atoms with Gasteiger partial charge in [0.1, 0.15) is 0 Å². The second kappa shape index (κ2) is 6.48. The molecule has 1 N–H and O–H groups in total. The van der Waals surface area contributed by atoms with Crippen LogP contribution in [0, 0.1) is 5.92 Å².